The van der Waals surface area contributed by atoms with Crippen molar-refractivity contribution in [1.29, 1.82) is 0 Å². The largest absolute Gasteiger partial charge is 0.444 e. The van der Waals surface area contributed by atoms with Crippen molar-refractivity contribution in [3.63, 3.8) is 0 Å². The third-order valence-electron chi connectivity index (χ3n) is 2.92. The molecule has 1 saturated heterocycles. The highest BCUT2D eigenvalue weighted by atomic mass is 16.6. The van der Waals surface area contributed by atoms with Crippen LogP contribution >= 0.6 is 0 Å². The van der Waals surface area contributed by atoms with Crippen LogP contribution in [-0.2, 0) is 14.2 Å². The minimum absolute atomic E-state index is 0.0102. The van der Waals surface area contributed by atoms with Gasteiger partial charge in [-0.05, 0) is 34.1 Å². The highest BCUT2D eigenvalue weighted by Gasteiger charge is 2.31. The summed E-state index contributed by atoms with van der Waals surface area (Å²) in [6, 6.07) is 0. The van der Waals surface area contributed by atoms with E-state index in [4.69, 9.17) is 14.2 Å². The molecule has 1 aliphatic heterocycles. The molecule has 0 saturated carbocycles. The van der Waals surface area contributed by atoms with Gasteiger partial charge in [0.2, 0.25) is 0 Å². The third-order valence-corrected chi connectivity index (χ3v) is 2.92. The lowest BCUT2D eigenvalue weighted by molar-refractivity contribution is -0.106. The van der Waals surface area contributed by atoms with Gasteiger partial charge in [0.05, 0.1) is 31.9 Å². The van der Waals surface area contributed by atoms with Crippen molar-refractivity contribution in [2.75, 3.05) is 26.3 Å². The molecule has 0 spiro atoms. The van der Waals surface area contributed by atoms with Crippen molar-refractivity contribution in [1.82, 2.24) is 4.90 Å². The molecule has 0 bridgehead atoms. The number of unbranched alkanes of at least 4 members (excludes halogenated alkanes) is 1. The Kier molecular flexibility index (Phi) is 6.76. The van der Waals surface area contributed by atoms with Crippen molar-refractivity contribution in [3.05, 3.63) is 0 Å². The first-order chi connectivity index (χ1) is 9.31. The lowest BCUT2D eigenvalue weighted by Crippen LogP contribution is -2.51. The van der Waals surface area contributed by atoms with Crippen LogP contribution < -0.4 is 0 Å². The van der Waals surface area contributed by atoms with Gasteiger partial charge in [-0.2, -0.15) is 0 Å². The Labute approximate surface area is 122 Å². The van der Waals surface area contributed by atoms with Gasteiger partial charge in [-0.1, -0.05) is 13.3 Å². The SMILES string of the molecule is CCCCOC[C@H]1CN(C(=O)OC(C)(C)C)CC(C)O1. The van der Waals surface area contributed by atoms with Crippen LogP contribution in [0.3, 0.4) is 0 Å². The molecule has 0 aromatic heterocycles. The fourth-order valence-electron chi connectivity index (χ4n) is 2.07. The van der Waals surface area contributed by atoms with Gasteiger partial charge >= 0.3 is 6.09 Å². The molecule has 0 radical (unpaired) electrons. The van der Waals surface area contributed by atoms with E-state index >= 15 is 0 Å². The summed E-state index contributed by atoms with van der Waals surface area (Å²) in [5.41, 5.74) is -0.467. The predicted molar refractivity (Wildman–Crippen MR) is 77.9 cm³/mol. The molecule has 5 heteroatoms. The first-order valence-corrected chi connectivity index (χ1v) is 7.53. The predicted octanol–water partition coefficient (Wildman–Crippen LogP) is 2.83. The Morgan fingerprint density at radius 3 is 2.65 bits per heavy atom. The van der Waals surface area contributed by atoms with E-state index < -0.39 is 5.60 Å². The number of morpholine rings is 1. The maximum absolute atomic E-state index is 12.1. The second-order valence-electron chi connectivity index (χ2n) is 6.38. The van der Waals surface area contributed by atoms with Crippen LogP contribution in [0.25, 0.3) is 0 Å². The third kappa shape index (κ3) is 6.57. The average Bonchev–Trinajstić information content (AvgIpc) is 2.32. The number of nitrogens with zero attached hydrogens (tertiary/aromatic N) is 1. The van der Waals surface area contributed by atoms with Gasteiger partial charge < -0.3 is 19.1 Å². The minimum atomic E-state index is -0.467. The molecule has 118 valence electrons. The van der Waals surface area contributed by atoms with Crippen LogP contribution in [0, 0.1) is 0 Å². The maximum Gasteiger partial charge on any atom is 0.410 e. The molecule has 0 aromatic rings. The molecule has 1 aliphatic rings. The number of ether oxygens (including phenoxy) is 3. The van der Waals surface area contributed by atoms with Gasteiger partial charge in [-0.15, -0.1) is 0 Å². The van der Waals surface area contributed by atoms with E-state index in [0.717, 1.165) is 19.4 Å². The van der Waals surface area contributed by atoms with Gasteiger partial charge in [0, 0.05) is 6.61 Å². The van der Waals surface area contributed by atoms with Crippen molar-refractivity contribution in [3.8, 4) is 0 Å². The topological polar surface area (TPSA) is 48.0 Å². The van der Waals surface area contributed by atoms with Crippen molar-refractivity contribution in [2.45, 2.75) is 65.3 Å². The van der Waals surface area contributed by atoms with E-state index in [1.54, 1.807) is 4.90 Å². The smallest absolute Gasteiger partial charge is 0.410 e. The number of rotatable bonds is 5. The Bertz CT molecular complexity index is 301. The zero-order valence-electron chi connectivity index (χ0n) is 13.5. The fourth-order valence-corrected chi connectivity index (χ4v) is 2.07. The lowest BCUT2D eigenvalue weighted by atomic mass is 10.2. The summed E-state index contributed by atoms with van der Waals surface area (Å²) in [5.74, 6) is 0. The van der Waals surface area contributed by atoms with E-state index in [2.05, 4.69) is 6.92 Å². The number of carbonyl (C=O) groups excluding carboxylic acids is 1. The summed E-state index contributed by atoms with van der Waals surface area (Å²) in [6.07, 6.45) is 1.84. The molecule has 1 rings (SSSR count). The Morgan fingerprint density at radius 1 is 1.35 bits per heavy atom. The summed E-state index contributed by atoms with van der Waals surface area (Å²) in [6.45, 7) is 12.1. The molecule has 1 amide bonds. The van der Waals surface area contributed by atoms with Gasteiger partial charge in [0.1, 0.15) is 5.60 Å². The van der Waals surface area contributed by atoms with Gasteiger partial charge in [-0.25, -0.2) is 4.79 Å². The van der Waals surface area contributed by atoms with Crippen LogP contribution in [0.2, 0.25) is 0 Å². The number of hydrogen-bond donors (Lipinski definition) is 0. The van der Waals surface area contributed by atoms with E-state index in [1.165, 1.54) is 0 Å². The second-order valence-corrected chi connectivity index (χ2v) is 6.38. The first-order valence-electron chi connectivity index (χ1n) is 7.53. The average molecular weight is 287 g/mol. The number of hydrogen-bond acceptors (Lipinski definition) is 4. The van der Waals surface area contributed by atoms with E-state index in [1.807, 2.05) is 27.7 Å². The van der Waals surface area contributed by atoms with Crippen LogP contribution in [0.4, 0.5) is 4.79 Å². The molecule has 20 heavy (non-hydrogen) atoms. The summed E-state index contributed by atoms with van der Waals surface area (Å²) in [7, 11) is 0. The first kappa shape index (κ1) is 17.2. The second kappa shape index (κ2) is 7.84. The van der Waals surface area contributed by atoms with Crippen molar-refractivity contribution < 1.29 is 19.0 Å². The molecule has 1 fully saturated rings. The molecule has 1 unspecified atom stereocenters. The zero-order chi connectivity index (χ0) is 15.2. The monoisotopic (exact) mass is 287 g/mol. The van der Waals surface area contributed by atoms with Crippen LogP contribution in [0.5, 0.6) is 0 Å². The fraction of sp³-hybridized carbons (Fsp3) is 0.933. The standard InChI is InChI=1S/C15H29NO4/c1-6-7-8-18-11-13-10-16(9-12(2)19-13)14(17)20-15(3,4)5/h12-13H,6-11H2,1-5H3/t12?,13-/m1/s1. The van der Waals surface area contributed by atoms with E-state index in [0.29, 0.717) is 19.7 Å². The van der Waals surface area contributed by atoms with Gasteiger partial charge in [0.25, 0.3) is 0 Å². The summed E-state index contributed by atoms with van der Waals surface area (Å²) in [4.78, 5) is 13.8. The summed E-state index contributed by atoms with van der Waals surface area (Å²) in [5, 5.41) is 0. The molecule has 5 nitrogen and oxygen atoms in total. The van der Waals surface area contributed by atoms with E-state index in [9.17, 15) is 4.79 Å². The normalized spacial score (nSPS) is 23.8. The minimum Gasteiger partial charge on any atom is -0.444 e. The van der Waals surface area contributed by atoms with Gasteiger partial charge in [0.15, 0.2) is 0 Å². The molecule has 0 aromatic carbocycles. The molecule has 0 N–H and O–H groups in total. The highest BCUT2D eigenvalue weighted by Crippen LogP contribution is 2.16. The van der Waals surface area contributed by atoms with Crippen LogP contribution in [0.1, 0.15) is 47.5 Å². The number of amides is 1. The molecular formula is C15H29NO4. The van der Waals surface area contributed by atoms with Crippen LogP contribution in [0.15, 0.2) is 0 Å². The maximum atomic E-state index is 12.1. The van der Waals surface area contributed by atoms with Gasteiger partial charge in [-0.3, -0.25) is 0 Å². The Hall–Kier alpha value is -0.810. The molecular weight excluding hydrogens is 258 g/mol. The highest BCUT2D eigenvalue weighted by molar-refractivity contribution is 5.68. The van der Waals surface area contributed by atoms with E-state index in [-0.39, 0.29) is 18.3 Å². The quantitative estimate of drug-likeness (QED) is 0.730. The zero-order valence-corrected chi connectivity index (χ0v) is 13.5. The van der Waals surface area contributed by atoms with Crippen molar-refractivity contribution in [2.24, 2.45) is 0 Å². The van der Waals surface area contributed by atoms with Crippen LogP contribution in [-0.4, -0.2) is 55.1 Å². The number of carbonyl (C=O) groups is 1. The molecule has 2 atom stereocenters. The summed E-state index contributed by atoms with van der Waals surface area (Å²) >= 11 is 0. The lowest BCUT2D eigenvalue weighted by Gasteiger charge is -2.37. The molecule has 1 heterocycles. The Morgan fingerprint density at radius 2 is 2.05 bits per heavy atom. The molecule has 0 aliphatic carbocycles. The Balaban J connectivity index is 2.42. The summed E-state index contributed by atoms with van der Waals surface area (Å²) < 4.78 is 16.8. The van der Waals surface area contributed by atoms with Crippen molar-refractivity contribution >= 4 is 6.09 Å².